The van der Waals surface area contributed by atoms with Crippen molar-refractivity contribution in [1.82, 2.24) is 9.80 Å². The number of carbonyl (C=O) groups is 6. The number of ketones is 4. The van der Waals surface area contributed by atoms with Crippen molar-refractivity contribution in [1.29, 1.82) is 0 Å². The first-order chi connectivity index (χ1) is 19.3. The Morgan fingerprint density at radius 1 is 1.15 bits per heavy atom. The number of likely N-dealkylation sites (N-methyl/N-ethyl adjacent to an activating group) is 2. The van der Waals surface area contributed by atoms with Crippen LogP contribution < -0.4 is 11.1 Å². The van der Waals surface area contributed by atoms with Crippen LogP contribution in [0, 0.1) is 23.7 Å². The van der Waals surface area contributed by atoms with Crippen LogP contribution in [0.25, 0.3) is 0 Å². The van der Waals surface area contributed by atoms with Gasteiger partial charge in [-0.05, 0) is 57.6 Å². The third-order valence-electron chi connectivity index (χ3n) is 8.92. The highest BCUT2D eigenvalue weighted by atomic mass is 32.1. The normalized spacial score (nSPS) is 30.1. The number of aromatic hydroxyl groups is 1. The lowest BCUT2D eigenvalue weighted by Crippen LogP contribution is -2.74. The third-order valence-corrected chi connectivity index (χ3v) is 9.27. The molecular weight excluding hydrogens is 552 g/mol. The number of nitrogens with one attached hydrogen (secondary N) is 1. The number of aliphatic hydroxyl groups is 1. The van der Waals surface area contributed by atoms with E-state index in [2.05, 4.69) is 17.9 Å². The van der Waals surface area contributed by atoms with Gasteiger partial charge in [0.15, 0.2) is 34.7 Å². The number of Topliss-reactive ketones (excluding diaryl/α,β-unsaturated/α-hetero) is 4. The number of primary amides is 1. The van der Waals surface area contributed by atoms with Crippen molar-refractivity contribution in [2.75, 3.05) is 38.3 Å². The number of carbonyl (C=O) groups excluding carboxylic acids is 6. The number of phenols is 1. The molecule has 13 heteroatoms. The van der Waals surface area contributed by atoms with E-state index < -0.39 is 82.1 Å². The molecular formula is C28H36N4O8S. The minimum absolute atomic E-state index is 0.0276. The maximum atomic E-state index is 13.9. The molecule has 0 heterocycles. The fourth-order valence-corrected chi connectivity index (χ4v) is 7.32. The average molecular weight is 589 g/mol. The Hall–Kier alpha value is -3.13. The number of hydrogen-bond donors (Lipinski definition) is 5. The van der Waals surface area contributed by atoms with E-state index in [1.54, 1.807) is 6.07 Å². The molecule has 1 aromatic rings. The molecule has 2 saturated carbocycles. The molecule has 1 aromatic carbocycles. The van der Waals surface area contributed by atoms with Gasteiger partial charge >= 0.3 is 0 Å². The van der Waals surface area contributed by atoms with Gasteiger partial charge in [-0.3, -0.25) is 38.6 Å². The van der Waals surface area contributed by atoms with Gasteiger partial charge in [0, 0.05) is 11.7 Å². The fraction of sp³-hybridized carbons (Fsp3) is 0.571. The van der Waals surface area contributed by atoms with Gasteiger partial charge in [-0.2, -0.15) is 12.6 Å². The summed E-state index contributed by atoms with van der Waals surface area (Å²) in [6.45, 7) is 4.98. The second kappa shape index (κ2) is 11.3. The van der Waals surface area contributed by atoms with Crippen LogP contribution >= 0.6 is 12.6 Å². The van der Waals surface area contributed by atoms with Crippen molar-refractivity contribution >= 4 is 53.3 Å². The van der Waals surface area contributed by atoms with Gasteiger partial charge in [-0.15, -0.1) is 0 Å². The smallest absolute Gasteiger partial charge is 0.242 e. The zero-order valence-electron chi connectivity index (χ0n) is 23.4. The molecule has 41 heavy (non-hydrogen) atoms. The first-order valence-corrected chi connectivity index (χ1v) is 14.2. The summed E-state index contributed by atoms with van der Waals surface area (Å²) in [6, 6.07) is 1.30. The molecule has 4 rings (SSSR count). The maximum Gasteiger partial charge on any atom is 0.242 e. The maximum absolute atomic E-state index is 13.9. The van der Waals surface area contributed by atoms with Crippen molar-refractivity contribution < 1.29 is 39.0 Å². The molecule has 0 aromatic heterocycles. The van der Waals surface area contributed by atoms with Crippen LogP contribution in [-0.4, -0.2) is 106 Å². The Bertz CT molecular complexity index is 1330. The number of benzene rings is 1. The molecule has 2 fully saturated rings. The number of fused-ring (bicyclic) bond motifs is 3. The summed E-state index contributed by atoms with van der Waals surface area (Å²) in [7, 11) is 3.06. The van der Waals surface area contributed by atoms with E-state index in [0.29, 0.717) is 18.7 Å². The van der Waals surface area contributed by atoms with E-state index in [9.17, 15) is 39.0 Å². The van der Waals surface area contributed by atoms with Crippen LogP contribution in [0.1, 0.15) is 36.2 Å². The molecule has 0 radical (unpaired) electrons. The summed E-state index contributed by atoms with van der Waals surface area (Å²) in [4.78, 5) is 82.6. The largest absolute Gasteiger partial charge is 0.505 e. The van der Waals surface area contributed by atoms with E-state index in [1.165, 1.54) is 25.1 Å². The highest BCUT2D eigenvalue weighted by molar-refractivity contribution is 7.80. The van der Waals surface area contributed by atoms with Crippen LogP contribution in [0.15, 0.2) is 12.1 Å². The standard InChI is InChI=1S/C28H36N4O8S/c1-5-32(6-2)16(11-41)27(39)30-15-8-7-12-9-13-10-14-20(31(3)4)23(35)19(26(29)38)25(37)28(14,40)24(36)18(13)22(34)17(12)21(15)33/h7-8,13-14,16,18-20,33,40-41H,5-6,9-11H2,1-4H3,(H2,29,38)(H,30,39)/t13?,14?,16?,18?,19?,20-,28-/m0/s1. The zero-order valence-corrected chi connectivity index (χ0v) is 24.3. The highest BCUT2D eigenvalue weighted by Gasteiger charge is 2.69. The first kappa shape index (κ1) is 30.8. The van der Waals surface area contributed by atoms with Gasteiger partial charge < -0.3 is 21.3 Å². The topological polar surface area (TPSA) is 187 Å². The summed E-state index contributed by atoms with van der Waals surface area (Å²) in [5.41, 5.74) is 2.78. The lowest BCUT2D eigenvalue weighted by molar-refractivity contribution is -0.181. The Labute approximate surface area is 243 Å². The summed E-state index contributed by atoms with van der Waals surface area (Å²) in [6.07, 6.45) is 0.114. The number of nitrogens with zero attached hydrogens (tertiary/aromatic N) is 2. The SMILES string of the molecule is CCN(CC)C(CS)C(=O)Nc1ccc2c(c1O)C(=O)C1C(=O)[C@]3(O)C(=O)C(C(N)=O)C(=O)[C@@H](N(C)C)C3CC1C2. The van der Waals surface area contributed by atoms with Crippen molar-refractivity contribution in [3.8, 4) is 5.75 Å². The van der Waals surface area contributed by atoms with Gasteiger partial charge in [0.1, 0.15) is 5.75 Å². The molecule has 0 aliphatic heterocycles. The van der Waals surface area contributed by atoms with Crippen molar-refractivity contribution in [2.45, 2.75) is 44.4 Å². The number of rotatable bonds is 8. The first-order valence-electron chi connectivity index (χ1n) is 13.6. The van der Waals surface area contributed by atoms with Crippen LogP contribution in [0.4, 0.5) is 5.69 Å². The lowest BCUT2D eigenvalue weighted by atomic mass is 9.52. The minimum atomic E-state index is -2.79. The molecule has 5 N–H and O–H groups in total. The quantitative estimate of drug-likeness (QED) is 0.150. The van der Waals surface area contributed by atoms with E-state index in [4.69, 9.17) is 5.73 Å². The van der Waals surface area contributed by atoms with Crippen LogP contribution in [0.2, 0.25) is 0 Å². The van der Waals surface area contributed by atoms with Gasteiger partial charge in [0.05, 0.1) is 29.3 Å². The molecule has 0 spiro atoms. The third kappa shape index (κ3) is 4.68. The Morgan fingerprint density at radius 2 is 1.78 bits per heavy atom. The van der Waals surface area contributed by atoms with Crippen LogP contribution in [-0.2, 0) is 30.4 Å². The molecule has 12 nitrogen and oxygen atoms in total. The summed E-state index contributed by atoms with van der Waals surface area (Å²) in [5, 5.41) is 25.4. The Morgan fingerprint density at radius 3 is 2.32 bits per heavy atom. The number of anilines is 1. The number of amides is 2. The molecule has 0 bridgehead atoms. The second-order valence-corrected chi connectivity index (χ2v) is 11.6. The fourth-order valence-electron chi connectivity index (χ4n) is 6.93. The van der Waals surface area contributed by atoms with Gasteiger partial charge in [0.2, 0.25) is 11.8 Å². The molecule has 3 aliphatic carbocycles. The van der Waals surface area contributed by atoms with E-state index >= 15 is 0 Å². The van der Waals surface area contributed by atoms with Crippen molar-refractivity contribution in [3.63, 3.8) is 0 Å². The van der Waals surface area contributed by atoms with Crippen molar-refractivity contribution in [2.24, 2.45) is 29.4 Å². The zero-order chi connectivity index (χ0) is 30.5. The predicted octanol–water partition coefficient (Wildman–Crippen LogP) is -0.554. The van der Waals surface area contributed by atoms with Crippen LogP contribution in [0.3, 0.4) is 0 Å². The van der Waals surface area contributed by atoms with E-state index in [1.807, 2.05) is 18.7 Å². The average Bonchev–Trinajstić information content (AvgIpc) is 2.90. The minimum Gasteiger partial charge on any atom is -0.505 e. The molecule has 3 aliphatic rings. The number of nitrogens with two attached hydrogens (primary N) is 1. The van der Waals surface area contributed by atoms with E-state index in [-0.39, 0.29) is 29.8 Å². The summed E-state index contributed by atoms with van der Waals surface area (Å²) in [5.74, 6) is -11.5. The molecule has 5 unspecified atom stereocenters. The summed E-state index contributed by atoms with van der Waals surface area (Å²) < 4.78 is 0. The lowest BCUT2D eigenvalue weighted by Gasteiger charge is -2.52. The number of phenolic OH excluding ortho intramolecular Hbond substituents is 1. The highest BCUT2D eigenvalue weighted by Crippen LogP contribution is 2.51. The van der Waals surface area contributed by atoms with Crippen LogP contribution in [0.5, 0.6) is 5.75 Å². The number of thiol groups is 1. The molecule has 0 saturated heterocycles. The Kier molecular flexibility index (Phi) is 8.47. The molecule has 7 atom stereocenters. The van der Waals surface area contributed by atoms with Gasteiger partial charge in [-0.25, -0.2) is 0 Å². The predicted molar refractivity (Wildman–Crippen MR) is 151 cm³/mol. The monoisotopic (exact) mass is 588 g/mol. The molecule has 222 valence electrons. The number of hydrogen-bond acceptors (Lipinski definition) is 11. The van der Waals surface area contributed by atoms with E-state index in [0.717, 1.165) is 0 Å². The molecule has 2 amide bonds. The van der Waals surface area contributed by atoms with Crippen molar-refractivity contribution in [3.05, 3.63) is 23.3 Å². The summed E-state index contributed by atoms with van der Waals surface area (Å²) >= 11 is 4.28. The van der Waals surface area contributed by atoms with Gasteiger partial charge in [-0.1, -0.05) is 19.9 Å². The Balaban J connectivity index is 1.73. The van der Waals surface area contributed by atoms with Gasteiger partial charge in [0.25, 0.3) is 0 Å². The second-order valence-electron chi connectivity index (χ2n) is 11.2.